The molecule has 2 heterocycles. The number of nitrogens with one attached hydrogen (secondary N) is 1. The highest BCUT2D eigenvalue weighted by Gasteiger charge is 2.23. The molecule has 0 saturated heterocycles. The van der Waals surface area contributed by atoms with Crippen LogP contribution in [0, 0.1) is 10.1 Å². The van der Waals surface area contributed by atoms with Gasteiger partial charge in [-0.05, 0) is 31.2 Å². The minimum Gasteiger partial charge on any atom is -0.506 e. The number of carbonyl (C=O) groups excluding carboxylic acids is 1. The molecule has 0 bridgehead atoms. The normalized spacial score (nSPS) is 10.9. The molecule has 31 heavy (non-hydrogen) atoms. The van der Waals surface area contributed by atoms with Gasteiger partial charge in [-0.3, -0.25) is 25.0 Å². The third-order valence-electron chi connectivity index (χ3n) is 4.66. The van der Waals surface area contributed by atoms with Gasteiger partial charge in [-0.2, -0.15) is 0 Å². The fourth-order valence-electron chi connectivity index (χ4n) is 3.18. The molecular formula is C20H15N5O5S. The van der Waals surface area contributed by atoms with Crippen LogP contribution in [0.15, 0.2) is 53.3 Å². The van der Waals surface area contributed by atoms with Crippen molar-refractivity contribution in [1.82, 2.24) is 14.8 Å². The van der Waals surface area contributed by atoms with Gasteiger partial charge in [0.2, 0.25) is 5.13 Å². The van der Waals surface area contributed by atoms with Crippen molar-refractivity contribution in [3.05, 3.63) is 74.6 Å². The number of hydrogen-bond acceptors (Lipinski definition) is 8. The molecule has 2 aromatic heterocycles. The smallest absolute Gasteiger partial charge is 0.269 e. The number of amides is 1. The van der Waals surface area contributed by atoms with Crippen molar-refractivity contribution in [3.8, 4) is 16.3 Å². The number of fused-ring (bicyclic) bond motifs is 1. The van der Waals surface area contributed by atoms with Gasteiger partial charge in [0.25, 0.3) is 17.2 Å². The fourth-order valence-corrected chi connectivity index (χ4v) is 3.93. The summed E-state index contributed by atoms with van der Waals surface area (Å²) < 4.78 is 1.41. The average Bonchev–Trinajstić information content (AvgIpc) is 3.22. The van der Waals surface area contributed by atoms with E-state index in [9.17, 15) is 24.8 Å². The molecule has 4 aromatic rings. The lowest BCUT2D eigenvalue weighted by molar-refractivity contribution is -0.384. The average molecular weight is 437 g/mol. The molecule has 0 unspecified atom stereocenters. The maximum Gasteiger partial charge on any atom is 0.269 e. The zero-order chi connectivity index (χ0) is 22.1. The summed E-state index contributed by atoms with van der Waals surface area (Å²) in [5.41, 5.74) is 0.0654. The lowest BCUT2D eigenvalue weighted by atomic mass is 10.1. The number of aromatic hydroxyl groups is 1. The van der Waals surface area contributed by atoms with Crippen molar-refractivity contribution in [2.24, 2.45) is 0 Å². The number of rotatable bonds is 5. The summed E-state index contributed by atoms with van der Waals surface area (Å²) in [5.74, 6) is -1.20. The molecule has 0 radical (unpaired) electrons. The Morgan fingerprint density at radius 3 is 2.58 bits per heavy atom. The highest BCUT2D eigenvalue weighted by atomic mass is 32.1. The summed E-state index contributed by atoms with van der Waals surface area (Å²) in [7, 11) is 0. The van der Waals surface area contributed by atoms with Crippen LogP contribution in [0.2, 0.25) is 0 Å². The van der Waals surface area contributed by atoms with Crippen LogP contribution < -0.4 is 10.9 Å². The van der Waals surface area contributed by atoms with Gasteiger partial charge >= 0.3 is 0 Å². The molecule has 1 amide bonds. The molecule has 0 spiro atoms. The number of anilines is 1. The SMILES string of the molecule is CCn1c(=O)c(C(=O)Nc2nnc(-c3ccc([N+](=O)[O-])cc3)s2)c(O)c2ccccc21. The van der Waals surface area contributed by atoms with Gasteiger partial charge in [0.15, 0.2) is 0 Å². The fraction of sp³-hybridized carbons (Fsp3) is 0.100. The maximum atomic E-state index is 12.8. The van der Waals surface area contributed by atoms with E-state index in [4.69, 9.17) is 0 Å². The van der Waals surface area contributed by atoms with Crippen LogP contribution in [0.4, 0.5) is 10.8 Å². The van der Waals surface area contributed by atoms with E-state index in [-0.39, 0.29) is 16.4 Å². The van der Waals surface area contributed by atoms with Gasteiger partial charge in [0.1, 0.15) is 16.3 Å². The molecule has 0 aliphatic rings. The van der Waals surface area contributed by atoms with Crippen LogP contribution in [-0.2, 0) is 6.54 Å². The number of nitro groups is 1. The zero-order valence-electron chi connectivity index (χ0n) is 16.1. The number of carbonyl (C=O) groups is 1. The Labute approximate surface area is 178 Å². The summed E-state index contributed by atoms with van der Waals surface area (Å²) in [6.07, 6.45) is 0. The quantitative estimate of drug-likeness (QED) is 0.360. The van der Waals surface area contributed by atoms with Crippen LogP contribution >= 0.6 is 11.3 Å². The predicted octanol–water partition coefficient (Wildman–Crippen LogP) is 3.41. The lowest BCUT2D eigenvalue weighted by Crippen LogP contribution is -2.29. The number of hydrogen-bond donors (Lipinski definition) is 2. The first-order valence-electron chi connectivity index (χ1n) is 9.15. The molecule has 0 atom stereocenters. The van der Waals surface area contributed by atoms with Crippen LogP contribution in [0.5, 0.6) is 5.75 Å². The highest BCUT2D eigenvalue weighted by molar-refractivity contribution is 7.18. The summed E-state index contributed by atoms with van der Waals surface area (Å²) in [5, 5.41) is 32.7. The topological polar surface area (TPSA) is 140 Å². The van der Waals surface area contributed by atoms with Crippen LogP contribution in [0.3, 0.4) is 0 Å². The minimum atomic E-state index is -0.804. The first kappa shape index (κ1) is 20.2. The third-order valence-corrected chi connectivity index (χ3v) is 5.55. The zero-order valence-corrected chi connectivity index (χ0v) is 16.9. The number of nitro benzene ring substituents is 1. The van der Waals surface area contributed by atoms with E-state index in [1.54, 1.807) is 31.2 Å². The van der Waals surface area contributed by atoms with Gasteiger partial charge in [-0.1, -0.05) is 23.5 Å². The van der Waals surface area contributed by atoms with E-state index in [1.165, 1.54) is 28.8 Å². The molecule has 0 saturated carbocycles. The Morgan fingerprint density at radius 2 is 1.90 bits per heavy atom. The van der Waals surface area contributed by atoms with Gasteiger partial charge in [0, 0.05) is 29.6 Å². The number of pyridine rings is 1. The number of benzene rings is 2. The van der Waals surface area contributed by atoms with E-state index in [0.717, 1.165) is 11.3 Å². The van der Waals surface area contributed by atoms with Crippen LogP contribution in [0.25, 0.3) is 21.5 Å². The molecule has 0 aliphatic carbocycles. The summed E-state index contributed by atoms with van der Waals surface area (Å²) in [6, 6.07) is 12.5. The second-order valence-corrected chi connectivity index (χ2v) is 7.44. The van der Waals surface area contributed by atoms with Gasteiger partial charge < -0.3 is 9.67 Å². The second-order valence-electron chi connectivity index (χ2n) is 6.46. The molecule has 0 fully saturated rings. The lowest BCUT2D eigenvalue weighted by Gasteiger charge is -2.12. The van der Waals surface area contributed by atoms with E-state index >= 15 is 0 Å². The number of para-hydroxylation sites is 1. The van der Waals surface area contributed by atoms with Gasteiger partial charge in [-0.25, -0.2) is 0 Å². The first-order chi connectivity index (χ1) is 14.9. The largest absolute Gasteiger partial charge is 0.506 e. The number of aryl methyl sites for hydroxylation is 1. The minimum absolute atomic E-state index is 0.0548. The van der Waals surface area contributed by atoms with Crippen LogP contribution in [-0.4, -0.2) is 30.7 Å². The number of nitrogens with zero attached hydrogens (tertiary/aromatic N) is 4. The molecule has 156 valence electrons. The van der Waals surface area contributed by atoms with Crippen molar-refractivity contribution in [2.45, 2.75) is 13.5 Å². The Hall–Kier alpha value is -4.12. The summed E-state index contributed by atoms with van der Waals surface area (Å²) in [6.45, 7) is 2.09. The number of aromatic nitrogens is 3. The molecule has 0 aliphatic heterocycles. The third kappa shape index (κ3) is 3.62. The van der Waals surface area contributed by atoms with E-state index in [2.05, 4.69) is 15.5 Å². The van der Waals surface area contributed by atoms with Crippen molar-refractivity contribution >= 4 is 39.0 Å². The molecular weight excluding hydrogens is 422 g/mol. The Morgan fingerprint density at radius 1 is 1.19 bits per heavy atom. The van der Waals surface area contributed by atoms with Crippen molar-refractivity contribution < 1.29 is 14.8 Å². The molecule has 2 aromatic carbocycles. The van der Waals surface area contributed by atoms with Crippen molar-refractivity contribution in [2.75, 3.05) is 5.32 Å². The molecule has 2 N–H and O–H groups in total. The van der Waals surface area contributed by atoms with Gasteiger partial charge in [-0.15, -0.1) is 10.2 Å². The van der Waals surface area contributed by atoms with E-state index < -0.39 is 22.1 Å². The first-order valence-corrected chi connectivity index (χ1v) is 9.96. The monoisotopic (exact) mass is 437 g/mol. The number of non-ortho nitro benzene ring substituents is 1. The summed E-state index contributed by atoms with van der Waals surface area (Å²) >= 11 is 1.03. The van der Waals surface area contributed by atoms with Gasteiger partial charge in [0.05, 0.1) is 10.4 Å². The maximum absolute atomic E-state index is 12.8. The van der Waals surface area contributed by atoms with E-state index in [0.29, 0.717) is 28.0 Å². The second kappa shape index (κ2) is 7.95. The van der Waals surface area contributed by atoms with Crippen molar-refractivity contribution in [3.63, 3.8) is 0 Å². The Kier molecular flexibility index (Phi) is 5.17. The Bertz CT molecular complexity index is 1380. The standard InChI is InChI=1S/C20H15N5O5S/c1-2-24-14-6-4-3-5-13(14)16(26)15(19(24)28)17(27)21-20-23-22-18(31-20)11-7-9-12(10-8-11)25(29)30/h3-10,26H,2H2,1H3,(H,21,23,27). The molecule has 4 rings (SSSR count). The predicted molar refractivity (Wildman–Crippen MR) is 115 cm³/mol. The molecule has 11 heteroatoms. The van der Waals surface area contributed by atoms with E-state index in [1.807, 2.05) is 0 Å². The summed E-state index contributed by atoms with van der Waals surface area (Å²) in [4.78, 5) is 35.9. The molecule has 10 nitrogen and oxygen atoms in total. The van der Waals surface area contributed by atoms with Crippen LogP contribution in [0.1, 0.15) is 17.3 Å². The Balaban J connectivity index is 1.66. The van der Waals surface area contributed by atoms with Crippen molar-refractivity contribution in [1.29, 1.82) is 0 Å². The highest BCUT2D eigenvalue weighted by Crippen LogP contribution is 2.30.